The Morgan fingerprint density at radius 3 is 2.88 bits per heavy atom. The molecule has 10 heteroatoms. The maximum atomic E-state index is 13.7. The third-order valence-electron chi connectivity index (χ3n) is 2.91. The number of aryl methyl sites for hydroxylation is 1. The van der Waals surface area contributed by atoms with Crippen LogP contribution in [0.15, 0.2) is 36.0 Å². The van der Waals surface area contributed by atoms with E-state index in [9.17, 15) is 13.6 Å². The molecule has 0 atom stereocenters. The second-order valence-electron chi connectivity index (χ2n) is 4.74. The predicted octanol–water partition coefficient (Wildman–Crippen LogP) is 3.87. The minimum atomic E-state index is -0.827. The number of nitrogens with one attached hydrogen (secondary N) is 2. The molecule has 1 aromatic carbocycles. The van der Waals surface area contributed by atoms with Crippen molar-refractivity contribution in [2.75, 3.05) is 10.6 Å². The summed E-state index contributed by atoms with van der Waals surface area (Å²) in [6.07, 6.45) is 0.660. The van der Waals surface area contributed by atoms with Crippen LogP contribution in [0.1, 0.15) is 5.82 Å². The van der Waals surface area contributed by atoms with Crippen LogP contribution >= 0.6 is 11.3 Å². The van der Waals surface area contributed by atoms with Gasteiger partial charge in [-0.25, -0.2) is 28.5 Å². The van der Waals surface area contributed by atoms with Gasteiger partial charge in [0.05, 0.1) is 11.2 Å². The van der Waals surface area contributed by atoms with E-state index in [1.54, 1.807) is 6.92 Å². The van der Waals surface area contributed by atoms with Crippen LogP contribution in [0.5, 0.6) is 5.88 Å². The molecule has 0 aliphatic rings. The fourth-order valence-corrected chi connectivity index (χ4v) is 2.47. The summed E-state index contributed by atoms with van der Waals surface area (Å²) >= 11 is 1.07. The van der Waals surface area contributed by atoms with E-state index in [2.05, 4.69) is 25.6 Å². The summed E-state index contributed by atoms with van der Waals surface area (Å²) in [6.45, 7) is 1.67. The van der Waals surface area contributed by atoms with Crippen molar-refractivity contribution in [3.05, 3.63) is 53.4 Å². The van der Waals surface area contributed by atoms with Crippen molar-refractivity contribution in [3.63, 3.8) is 0 Å². The van der Waals surface area contributed by atoms with Crippen LogP contribution in [0, 0.1) is 18.6 Å². The van der Waals surface area contributed by atoms with E-state index in [1.807, 2.05) is 0 Å². The number of thiazole rings is 1. The molecule has 0 aliphatic heterocycles. The van der Waals surface area contributed by atoms with Crippen molar-refractivity contribution in [2.24, 2.45) is 0 Å². The normalized spacial score (nSPS) is 10.4. The average Bonchev–Trinajstić information content (AvgIpc) is 2.97. The molecule has 3 aromatic rings. The Bertz CT molecular complexity index is 918. The highest BCUT2D eigenvalue weighted by Crippen LogP contribution is 2.32. The van der Waals surface area contributed by atoms with Crippen molar-refractivity contribution in [1.29, 1.82) is 0 Å². The summed E-state index contributed by atoms with van der Waals surface area (Å²) in [6, 6.07) is 4.48. The molecule has 3 rings (SSSR count). The second-order valence-corrected chi connectivity index (χ2v) is 5.59. The molecule has 2 N–H and O–H groups in total. The topological polar surface area (TPSA) is 89.0 Å². The van der Waals surface area contributed by atoms with Gasteiger partial charge in [-0.05, 0) is 25.1 Å². The molecule has 0 radical (unpaired) electrons. The van der Waals surface area contributed by atoms with Gasteiger partial charge in [0, 0.05) is 12.3 Å². The number of aromatic nitrogens is 3. The van der Waals surface area contributed by atoms with Crippen molar-refractivity contribution in [3.8, 4) is 5.88 Å². The number of amides is 1. The van der Waals surface area contributed by atoms with Crippen molar-refractivity contribution >= 4 is 33.9 Å². The number of anilines is 3. The van der Waals surface area contributed by atoms with Gasteiger partial charge in [0.25, 0.3) is 5.88 Å². The van der Waals surface area contributed by atoms with Gasteiger partial charge in [-0.1, -0.05) is 0 Å². The monoisotopic (exact) mass is 363 g/mol. The van der Waals surface area contributed by atoms with E-state index >= 15 is 0 Å². The summed E-state index contributed by atoms with van der Waals surface area (Å²) in [5.41, 5.74) is 1.30. The smallest absolute Gasteiger partial charge is 0.388 e. The number of carbonyl (C=O) groups excluding carboxylic acids is 1. The van der Waals surface area contributed by atoms with Crippen LogP contribution in [0.4, 0.5) is 30.1 Å². The van der Waals surface area contributed by atoms with Gasteiger partial charge < -0.3 is 10.1 Å². The molecule has 0 saturated heterocycles. The fourth-order valence-electron chi connectivity index (χ4n) is 1.85. The summed E-state index contributed by atoms with van der Waals surface area (Å²) in [5, 5.41) is 5.32. The zero-order valence-corrected chi connectivity index (χ0v) is 13.6. The van der Waals surface area contributed by atoms with Gasteiger partial charge in [0.2, 0.25) is 0 Å². The number of rotatable bonds is 4. The van der Waals surface area contributed by atoms with Gasteiger partial charge in [0.1, 0.15) is 23.3 Å². The average molecular weight is 363 g/mol. The Morgan fingerprint density at radius 2 is 2.08 bits per heavy atom. The van der Waals surface area contributed by atoms with Gasteiger partial charge in [-0.3, -0.25) is 5.32 Å². The largest absolute Gasteiger partial charge is 0.419 e. The Morgan fingerprint density at radius 1 is 1.24 bits per heavy atom. The fraction of sp³-hybridized carbons (Fsp3) is 0.0667. The van der Waals surface area contributed by atoms with E-state index < -0.39 is 17.7 Å². The highest BCUT2D eigenvalue weighted by Gasteiger charge is 2.15. The first-order chi connectivity index (χ1) is 12.0. The molecule has 128 valence electrons. The molecular formula is C15H11F2N5O2S. The first kappa shape index (κ1) is 16.7. The first-order valence-corrected chi connectivity index (χ1v) is 7.83. The lowest BCUT2D eigenvalue weighted by Gasteiger charge is -2.08. The molecule has 0 spiro atoms. The first-order valence-electron chi connectivity index (χ1n) is 6.95. The van der Waals surface area contributed by atoms with Gasteiger partial charge >= 0.3 is 6.09 Å². The summed E-state index contributed by atoms with van der Waals surface area (Å²) in [5.74, 6) is -0.583. The predicted molar refractivity (Wildman–Crippen MR) is 88.2 cm³/mol. The lowest BCUT2D eigenvalue weighted by molar-refractivity contribution is 0.214. The molecule has 0 unspecified atom stereocenters. The van der Waals surface area contributed by atoms with Gasteiger partial charge in [0.15, 0.2) is 5.00 Å². The third-order valence-corrected chi connectivity index (χ3v) is 3.63. The summed E-state index contributed by atoms with van der Waals surface area (Å²) in [4.78, 5) is 23.7. The lowest BCUT2D eigenvalue weighted by Crippen LogP contribution is -2.18. The van der Waals surface area contributed by atoms with Crippen LogP contribution in [0.25, 0.3) is 0 Å². The Kier molecular flexibility index (Phi) is 4.80. The molecule has 7 nitrogen and oxygen atoms in total. The second kappa shape index (κ2) is 7.18. The van der Waals surface area contributed by atoms with E-state index in [0.717, 1.165) is 29.5 Å². The molecular weight excluding hydrogens is 352 g/mol. The van der Waals surface area contributed by atoms with Crippen LogP contribution < -0.4 is 15.4 Å². The maximum absolute atomic E-state index is 13.7. The number of benzene rings is 1. The Hall–Kier alpha value is -3.14. The molecule has 1 amide bonds. The minimum Gasteiger partial charge on any atom is -0.388 e. The van der Waals surface area contributed by atoms with E-state index in [0.29, 0.717) is 5.82 Å². The maximum Gasteiger partial charge on any atom is 0.419 e. The molecule has 0 fully saturated rings. The minimum absolute atomic E-state index is 0.0723. The number of hydrogen-bond donors (Lipinski definition) is 2. The number of carbonyl (C=O) groups is 1. The summed E-state index contributed by atoms with van der Waals surface area (Å²) < 4.78 is 32.0. The summed E-state index contributed by atoms with van der Waals surface area (Å²) in [7, 11) is 0. The molecule has 0 aliphatic carbocycles. The van der Waals surface area contributed by atoms with Crippen LogP contribution in [-0.4, -0.2) is 21.0 Å². The Balaban J connectivity index is 1.71. The van der Waals surface area contributed by atoms with Crippen molar-refractivity contribution in [2.45, 2.75) is 6.92 Å². The molecule has 2 heterocycles. The van der Waals surface area contributed by atoms with Crippen molar-refractivity contribution in [1.82, 2.24) is 15.0 Å². The number of halogens is 2. The Labute approximate surface area is 144 Å². The van der Waals surface area contributed by atoms with Crippen LogP contribution in [0.2, 0.25) is 0 Å². The highest BCUT2D eigenvalue weighted by atomic mass is 32.1. The van der Waals surface area contributed by atoms with Crippen LogP contribution in [-0.2, 0) is 0 Å². The molecule has 0 saturated carbocycles. The third kappa shape index (κ3) is 4.23. The van der Waals surface area contributed by atoms with E-state index in [-0.39, 0.29) is 22.4 Å². The van der Waals surface area contributed by atoms with Gasteiger partial charge in [-0.2, -0.15) is 0 Å². The van der Waals surface area contributed by atoms with Gasteiger partial charge in [-0.15, -0.1) is 11.3 Å². The number of hydrogen-bond acceptors (Lipinski definition) is 7. The lowest BCUT2D eigenvalue weighted by atomic mass is 10.3. The zero-order valence-electron chi connectivity index (χ0n) is 12.8. The molecule has 2 aromatic heterocycles. The standard InChI is InChI=1S/C15H11F2N5O2S/c1-8-18-5-4-12(20-8)22-15(23)24-13-14(25-7-19-13)21-11-6-9(16)2-3-10(11)17/h2-7,21H,1H3,(H,18,20,22,23). The van der Waals surface area contributed by atoms with Crippen LogP contribution in [0.3, 0.4) is 0 Å². The van der Waals surface area contributed by atoms with E-state index in [1.165, 1.54) is 17.8 Å². The molecule has 25 heavy (non-hydrogen) atoms. The number of nitrogens with zero attached hydrogens (tertiary/aromatic N) is 3. The SMILES string of the molecule is Cc1nccc(NC(=O)Oc2ncsc2Nc2cc(F)ccc2F)n1. The quantitative estimate of drug-likeness (QED) is 0.731. The highest BCUT2D eigenvalue weighted by molar-refractivity contribution is 7.14. The van der Waals surface area contributed by atoms with E-state index in [4.69, 9.17) is 4.74 Å². The van der Waals surface area contributed by atoms with Crippen molar-refractivity contribution < 1.29 is 18.3 Å². The molecule has 0 bridgehead atoms. The zero-order chi connectivity index (χ0) is 17.8. The number of ether oxygens (including phenoxy) is 1.